The van der Waals surface area contributed by atoms with E-state index in [0.29, 0.717) is 5.69 Å². The summed E-state index contributed by atoms with van der Waals surface area (Å²) in [5.41, 5.74) is 0.814. The molecule has 0 heterocycles. The molecular weight excluding hydrogens is 199 g/mol. The molecule has 0 saturated carbocycles. The zero-order valence-electron chi connectivity index (χ0n) is 6.43. The van der Waals surface area contributed by atoms with Crippen LogP contribution in [0.5, 0.6) is 0 Å². The average molecular weight is 205 g/mol. The number of nitrogens with one attached hydrogen (secondary N) is 1. The van der Waals surface area contributed by atoms with Crippen LogP contribution in [0.15, 0.2) is 24.3 Å². The smallest absolute Gasteiger partial charge is 0.353 e. The summed E-state index contributed by atoms with van der Waals surface area (Å²) in [6, 6.07) is 4.85. The Morgan fingerprint density at radius 1 is 1.31 bits per heavy atom. The normalized spacial score (nSPS) is 11.0. The highest BCUT2D eigenvalue weighted by Gasteiger charge is 2.30. The third-order valence-corrected chi connectivity index (χ3v) is 1.53. The van der Waals surface area contributed by atoms with E-state index in [1.54, 1.807) is 0 Å². The molecule has 0 unspecified atom stereocenters. The second-order valence-corrected chi connectivity index (χ2v) is 2.58. The Bertz CT molecular complexity index is 309. The summed E-state index contributed by atoms with van der Waals surface area (Å²) in [4.78, 5) is 0. The van der Waals surface area contributed by atoms with Crippen molar-refractivity contribution in [1.29, 1.82) is 0 Å². The van der Waals surface area contributed by atoms with Crippen LogP contribution in [-0.2, 0) is 6.18 Å². The van der Waals surface area contributed by atoms with E-state index in [0.717, 1.165) is 17.6 Å². The van der Waals surface area contributed by atoms with Gasteiger partial charge < -0.3 is 5.32 Å². The molecule has 1 N–H and O–H groups in total. The number of thiocarbonyl (C=S) groups is 1. The van der Waals surface area contributed by atoms with Crippen molar-refractivity contribution in [1.82, 2.24) is 0 Å². The van der Waals surface area contributed by atoms with Crippen molar-refractivity contribution in [2.75, 3.05) is 5.32 Å². The number of benzene rings is 1. The lowest BCUT2D eigenvalue weighted by Gasteiger charge is -2.07. The Labute approximate surface area is 78.6 Å². The predicted molar refractivity (Wildman–Crippen MR) is 48.7 cm³/mol. The summed E-state index contributed by atoms with van der Waals surface area (Å²) >= 11 is 4.45. The summed E-state index contributed by atoms with van der Waals surface area (Å²) in [6.07, 6.45) is -4.31. The number of anilines is 1. The Morgan fingerprint density at radius 3 is 2.54 bits per heavy atom. The summed E-state index contributed by atoms with van der Waals surface area (Å²) < 4.78 is 36.4. The van der Waals surface area contributed by atoms with Crippen LogP contribution in [0.1, 0.15) is 5.56 Å². The first-order chi connectivity index (χ1) is 6.04. The van der Waals surface area contributed by atoms with Crippen molar-refractivity contribution < 1.29 is 13.2 Å². The highest BCUT2D eigenvalue weighted by molar-refractivity contribution is 7.79. The Balaban J connectivity index is 2.98. The van der Waals surface area contributed by atoms with E-state index in [1.807, 2.05) is 0 Å². The van der Waals surface area contributed by atoms with Crippen LogP contribution in [0.4, 0.5) is 18.9 Å². The largest absolute Gasteiger partial charge is 0.416 e. The highest BCUT2D eigenvalue weighted by atomic mass is 32.1. The summed E-state index contributed by atoms with van der Waals surface area (Å²) in [7, 11) is 0. The molecular formula is C8H6F3NS. The van der Waals surface area contributed by atoms with Gasteiger partial charge in [-0.2, -0.15) is 13.2 Å². The molecule has 1 nitrogen and oxygen atoms in total. The van der Waals surface area contributed by atoms with Crippen LogP contribution in [0.25, 0.3) is 0 Å². The van der Waals surface area contributed by atoms with Crippen molar-refractivity contribution in [3.8, 4) is 0 Å². The average Bonchev–Trinajstić information content (AvgIpc) is 2.04. The van der Waals surface area contributed by atoms with E-state index in [4.69, 9.17) is 0 Å². The molecule has 0 atom stereocenters. The van der Waals surface area contributed by atoms with Gasteiger partial charge in [-0.15, -0.1) is 0 Å². The van der Waals surface area contributed by atoms with E-state index in [1.165, 1.54) is 12.1 Å². The van der Waals surface area contributed by atoms with E-state index in [-0.39, 0.29) is 0 Å². The highest BCUT2D eigenvalue weighted by Crippen LogP contribution is 2.30. The van der Waals surface area contributed by atoms with Gasteiger partial charge in [0.25, 0.3) is 0 Å². The summed E-state index contributed by atoms with van der Waals surface area (Å²) in [5, 5.41) is 2.51. The zero-order valence-corrected chi connectivity index (χ0v) is 7.25. The maximum atomic E-state index is 12.1. The van der Waals surface area contributed by atoms with Crippen molar-refractivity contribution >= 4 is 23.4 Å². The second-order valence-electron chi connectivity index (χ2n) is 2.34. The molecule has 13 heavy (non-hydrogen) atoms. The molecule has 1 aromatic carbocycles. The third-order valence-electron chi connectivity index (χ3n) is 1.42. The minimum absolute atomic E-state index is 0.338. The molecule has 0 amide bonds. The van der Waals surface area contributed by atoms with Gasteiger partial charge in [-0.25, -0.2) is 0 Å². The predicted octanol–water partition coefficient (Wildman–Crippen LogP) is 3.07. The minimum atomic E-state index is -4.31. The molecule has 0 spiro atoms. The standard InChI is InChI=1S/C8H6F3NS/c9-8(10,11)6-2-1-3-7(4-6)12-5-13/h1-5H,(H,12,13). The molecule has 1 rings (SSSR count). The van der Waals surface area contributed by atoms with Crippen molar-refractivity contribution in [3.63, 3.8) is 0 Å². The van der Waals surface area contributed by atoms with Gasteiger partial charge >= 0.3 is 6.18 Å². The maximum absolute atomic E-state index is 12.1. The zero-order chi connectivity index (χ0) is 9.90. The van der Waals surface area contributed by atoms with Crippen LogP contribution < -0.4 is 5.32 Å². The lowest BCUT2D eigenvalue weighted by Crippen LogP contribution is -2.05. The Hall–Kier alpha value is -1.10. The quantitative estimate of drug-likeness (QED) is 0.744. The number of halogens is 3. The summed E-state index contributed by atoms with van der Waals surface area (Å²) in [6.45, 7) is 0. The fourth-order valence-electron chi connectivity index (χ4n) is 0.853. The fourth-order valence-corrected chi connectivity index (χ4v) is 0.989. The van der Waals surface area contributed by atoms with Gasteiger partial charge in [-0.3, -0.25) is 0 Å². The third kappa shape index (κ3) is 2.69. The molecule has 0 fully saturated rings. The van der Waals surface area contributed by atoms with Crippen molar-refractivity contribution in [2.45, 2.75) is 6.18 Å². The van der Waals surface area contributed by atoms with Gasteiger partial charge in [0.2, 0.25) is 0 Å². The van der Waals surface area contributed by atoms with Crippen molar-refractivity contribution in [3.05, 3.63) is 29.8 Å². The molecule has 0 aliphatic carbocycles. The van der Waals surface area contributed by atoms with Gasteiger partial charge in [0, 0.05) is 5.69 Å². The first kappa shape index (κ1) is 9.98. The lowest BCUT2D eigenvalue weighted by molar-refractivity contribution is -0.137. The van der Waals surface area contributed by atoms with Gasteiger partial charge in [0.1, 0.15) is 0 Å². The molecule has 0 saturated heterocycles. The van der Waals surface area contributed by atoms with E-state index in [2.05, 4.69) is 17.5 Å². The topological polar surface area (TPSA) is 12.0 Å². The molecule has 70 valence electrons. The first-order valence-electron chi connectivity index (χ1n) is 3.41. The number of rotatable bonds is 2. The van der Waals surface area contributed by atoms with Gasteiger partial charge in [-0.1, -0.05) is 18.3 Å². The molecule has 0 bridgehead atoms. The fraction of sp³-hybridized carbons (Fsp3) is 0.125. The monoisotopic (exact) mass is 205 g/mol. The summed E-state index contributed by atoms with van der Waals surface area (Å²) in [5.74, 6) is 0. The van der Waals surface area contributed by atoms with Gasteiger partial charge in [-0.05, 0) is 18.2 Å². The minimum Gasteiger partial charge on any atom is -0.353 e. The van der Waals surface area contributed by atoms with Crippen LogP contribution in [0.2, 0.25) is 0 Å². The molecule has 0 aliphatic heterocycles. The van der Waals surface area contributed by atoms with Gasteiger partial charge in [0.05, 0.1) is 11.1 Å². The lowest BCUT2D eigenvalue weighted by atomic mass is 10.2. The Kier molecular flexibility index (Phi) is 2.87. The number of alkyl halides is 3. The molecule has 0 aliphatic rings. The van der Waals surface area contributed by atoms with Crippen LogP contribution in [-0.4, -0.2) is 5.49 Å². The number of hydrogen-bond acceptors (Lipinski definition) is 1. The van der Waals surface area contributed by atoms with Crippen LogP contribution in [0, 0.1) is 0 Å². The van der Waals surface area contributed by atoms with Crippen LogP contribution in [0.3, 0.4) is 0 Å². The van der Waals surface area contributed by atoms with E-state index >= 15 is 0 Å². The van der Waals surface area contributed by atoms with E-state index in [9.17, 15) is 13.2 Å². The molecule has 0 aromatic heterocycles. The maximum Gasteiger partial charge on any atom is 0.416 e. The van der Waals surface area contributed by atoms with Crippen LogP contribution >= 0.6 is 12.2 Å². The SMILES string of the molecule is FC(F)(F)c1cccc(NC=S)c1. The molecule has 0 radical (unpaired) electrons. The molecule has 5 heteroatoms. The Morgan fingerprint density at radius 2 is 2.00 bits per heavy atom. The van der Waals surface area contributed by atoms with Gasteiger partial charge in [0.15, 0.2) is 0 Å². The molecule has 1 aromatic rings. The van der Waals surface area contributed by atoms with Crippen molar-refractivity contribution in [2.24, 2.45) is 0 Å². The second kappa shape index (κ2) is 3.74. The van der Waals surface area contributed by atoms with E-state index < -0.39 is 11.7 Å². The number of hydrogen-bond donors (Lipinski definition) is 1. The first-order valence-corrected chi connectivity index (χ1v) is 3.88.